The van der Waals surface area contributed by atoms with Gasteiger partial charge in [0.25, 0.3) is 0 Å². The van der Waals surface area contributed by atoms with Gasteiger partial charge in [0.05, 0.1) is 0 Å². The number of rotatable bonds is 38. The number of hydrogen-bond donors (Lipinski definition) is 4. The molecule has 0 fully saturated rings. The van der Waals surface area contributed by atoms with Gasteiger partial charge in [-0.05, 0) is 12.8 Å². The second-order valence-corrected chi connectivity index (χ2v) is 14.8. The van der Waals surface area contributed by atoms with Gasteiger partial charge in [0.1, 0.15) is 13.5 Å². The molecule has 4 amide bonds. The van der Waals surface area contributed by atoms with Crippen molar-refractivity contribution >= 4 is 12.1 Å². The van der Waals surface area contributed by atoms with Crippen LogP contribution in [0.1, 0.15) is 232 Å². The fourth-order valence-electron chi connectivity index (χ4n) is 6.95. The Morgan fingerprint density at radius 2 is 0.520 bits per heavy atom. The number of hydrogen-bond acceptors (Lipinski definition) is 4. The largest absolute Gasteiger partial charge is 0.376 e. The minimum Gasteiger partial charge on any atom is -0.376 e. The van der Waals surface area contributed by atoms with E-state index in [9.17, 15) is 19.8 Å². The molecule has 0 aromatic carbocycles. The SMILES string of the molecule is CCCCCCCCCCCCCCCCCCCCN(C(=O)NCO)N(CCCCCCCCCCCCCCCCCC)C(=O)NCO. The van der Waals surface area contributed by atoms with Crippen LogP contribution >= 0.6 is 0 Å². The van der Waals surface area contributed by atoms with E-state index in [1.807, 2.05) is 0 Å². The molecule has 0 spiro atoms. The summed E-state index contributed by atoms with van der Waals surface area (Å²) in [6.45, 7) is 4.39. The van der Waals surface area contributed by atoms with E-state index in [0.717, 1.165) is 38.5 Å². The average molecular weight is 711 g/mol. The van der Waals surface area contributed by atoms with Crippen LogP contribution in [0.2, 0.25) is 0 Å². The fraction of sp³-hybridized carbons (Fsp3) is 0.952. The molecule has 8 heteroatoms. The fourth-order valence-corrected chi connectivity index (χ4v) is 6.95. The zero-order valence-electron chi connectivity index (χ0n) is 33.5. The lowest BCUT2D eigenvalue weighted by Crippen LogP contribution is -2.56. The van der Waals surface area contributed by atoms with Crippen LogP contribution in [-0.2, 0) is 0 Å². The Hall–Kier alpha value is -1.54. The number of carbonyl (C=O) groups excluding carboxylic acids is 2. The molecular weight excluding hydrogens is 624 g/mol. The second-order valence-electron chi connectivity index (χ2n) is 14.8. The molecule has 0 unspecified atom stereocenters. The number of carbonyl (C=O) groups is 2. The summed E-state index contributed by atoms with van der Waals surface area (Å²) < 4.78 is 0. The number of nitrogens with zero attached hydrogens (tertiary/aromatic N) is 2. The zero-order valence-corrected chi connectivity index (χ0v) is 33.5. The third-order valence-corrected chi connectivity index (χ3v) is 10.2. The van der Waals surface area contributed by atoms with Crippen LogP contribution in [0.5, 0.6) is 0 Å². The number of aliphatic hydroxyl groups is 2. The van der Waals surface area contributed by atoms with E-state index in [2.05, 4.69) is 24.5 Å². The topological polar surface area (TPSA) is 105 Å². The lowest BCUT2D eigenvalue weighted by molar-refractivity contribution is 0.0370. The smallest absolute Gasteiger partial charge is 0.338 e. The number of amides is 4. The Labute approximate surface area is 310 Å². The summed E-state index contributed by atoms with van der Waals surface area (Å²) in [6, 6.07) is -0.965. The van der Waals surface area contributed by atoms with E-state index in [-0.39, 0.29) is 0 Å². The van der Waals surface area contributed by atoms with Gasteiger partial charge in [-0.25, -0.2) is 19.6 Å². The second kappa shape index (κ2) is 40.2. The predicted octanol–water partition coefficient (Wildman–Crippen LogP) is 12.1. The number of hydrazine groups is 1. The van der Waals surface area contributed by atoms with Crippen molar-refractivity contribution in [3.8, 4) is 0 Å². The van der Waals surface area contributed by atoms with Gasteiger partial charge in [-0.3, -0.25) is 0 Å². The number of aliphatic hydroxyl groups excluding tert-OH is 2. The van der Waals surface area contributed by atoms with Crippen molar-refractivity contribution in [2.45, 2.75) is 232 Å². The van der Waals surface area contributed by atoms with Crippen molar-refractivity contribution in [3.05, 3.63) is 0 Å². The van der Waals surface area contributed by atoms with E-state index in [4.69, 9.17) is 0 Å². The monoisotopic (exact) mass is 711 g/mol. The number of nitrogens with one attached hydrogen (secondary N) is 2. The zero-order chi connectivity index (χ0) is 36.6. The average Bonchev–Trinajstić information content (AvgIpc) is 3.11. The van der Waals surface area contributed by atoms with Crippen LogP contribution in [0.25, 0.3) is 0 Å². The first-order valence-electron chi connectivity index (χ1n) is 21.9. The Morgan fingerprint density at radius 3 is 0.700 bits per heavy atom. The van der Waals surface area contributed by atoms with Crippen molar-refractivity contribution < 1.29 is 19.8 Å². The summed E-state index contributed by atoms with van der Waals surface area (Å²) in [7, 11) is 0. The van der Waals surface area contributed by atoms with Gasteiger partial charge in [0.2, 0.25) is 0 Å². The van der Waals surface area contributed by atoms with E-state index >= 15 is 0 Å². The van der Waals surface area contributed by atoms with Gasteiger partial charge in [0.15, 0.2) is 0 Å². The molecule has 8 nitrogen and oxygen atoms in total. The number of unbranched alkanes of at least 4 members (excludes halogenated alkanes) is 32. The molecule has 0 aliphatic rings. The third kappa shape index (κ3) is 32.4. The maximum Gasteiger partial charge on any atom is 0.338 e. The summed E-state index contributed by atoms with van der Waals surface area (Å²) in [4.78, 5) is 25.7. The summed E-state index contributed by atoms with van der Waals surface area (Å²) in [6.07, 6.45) is 43.8. The maximum atomic E-state index is 12.8. The molecule has 0 saturated heterocycles. The highest BCUT2D eigenvalue weighted by Crippen LogP contribution is 2.17. The minimum absolute atomic E-state index is 0.405. The molecular formula is C42H86N4O4. The van der Waals surface area contributed by atoms with Crippen molar-refractivity contribution in [2.75, 3.05) is 26.6 Å². The maximum absolute atomic E-state index is 12.8. The Bertz CT molecular complexity index is 711. The van der Waals surface area contributed by atoms with Crippen LogP contribution in [0, 0.1) is 0 Å². The first-order chi connectivity index (χ1) is 24.6. The van der Waals surface area contributed by atoms with Crippen molar-refractivity contribution in [1.29, 1.82) is 0 Å². The molecule has 0 saturated carbocycles. The predicted molar refractivity (Wildman–Crippen MR) is 213 cm³/mol. The van der Waals surface area contributed by atoms with Crippen molar-refractivity contribution in [2.24, 2.45) is 0 Å². The van der Waals surface area contributed by atoms with Crippen LogP contribution in [0.15, 0.2) is 0 Å². The lowest BCUT2D eigenvalue weighted by Gasteiger charge is -2.34. The quantitative estimate of drug-likeness (QED) is 0.0291. The van der Waals surface area contributed by atoms with Gasteiger partial charge < -0.3 is 20.8 Å². The third-order valence-electron chi connectivity index (χ3n) is 10.2. The normalized spacial score (nSPS) is 11.2. The Balaban J connectivity index is 4.12. The van der Waals surface area contributed by atoms with Gasteiger partial charge in [-0.1, -0.05) is 219 Å². The van der Waals surface area contributed by atoms with Gasteiger partial charge in [0, 0.05) is 13.1 Å². The van der Waals surface area contributed by atoms with Crippen LogP contribution < -0.4 is 10.6 Å². The molecule has 0 atom stereocenters. The molecule has 4 N–H and O–H groups in total. The highest BCUT2D eigenvalue weighted by molar-refractivity contribution is 5.80. The first-order valence-corrected chi connectivity index (χ1v) is 21.9. The van der Waals surface area contributed by atoms with Crippen molar-refractivity contribution in [1.82, 2.24) is 20.7 Å². The molecule has 0 rings (SSSR count). The molecule has 0 heterocycles. The minimum atomic E-state index is -0.483. The molecule has 298 valence electrons. The molecule has 0 aromatic rings. The molecule has 50 heavy (non-hydrogen) atoms. The van der Waals surface area contributed by atoms with E-state index in [0.29, 0.717) is 13.1 Å². The Kier molecular flexibility index (Phi) is 39.0. The van der Waals surface area contributed by atoms with Gasteiger partial charge >= 0.3 is 12.1 Å². The highest BCUT2D eigenvalue weighted by atomic mass is 16.3. The van der Waals surface area contributed by atoms with Gasteiger partial charge in [-0.15, -0.1) is 0 Å². The first kappa shape index (κ1) is 48.5. The summed E-state index contributed by atoms with van der Waals surface area (Å²) in [5, 5.41) is 26.4. The molecule has 0 aromatic heterocycles. The van der Waals surface area contributed by atoms with Crippen LogP contribution in [0.3, 0.4) is 0 Å². The highest BCUT2D eigenvalue weighted by Gasteiger charge is 2.25. The van der Waals surface area contributed by atoms with E-state index in [1.54, 1.807) is 0 Å². The number of urea groups is 2. The molecule has 0 bridgehead atoms. The van der Waals surface area contributed by atoms with Crippen molar-refractivity contribution in [3.63, 3.8) is 0 Å². The summed E-state index contributed by atoms with van der Waals surface area (Å²) >= 11 is 0. The van der Waals surface area contributed by atoms with E-state index in [1.165, 1.54) is 190 Å². The van der Waals surface area contributed by atoms with E-state index < -0.39 is 25.5 Å². The molecule has 0 aliphatic heterocycles. The molecule has 0 radical (unpaired) electrons. The molecule has 0 aliphatic carbocycles. The van der Waals surface area contributed by atoms with Crippen LogP contribution in [-0.4, -0.2) is 58.8 Å². The van der Waals surface area contributed by atoms with Gasteiger partial charge in [-0.2, -0.15) is 0 Å². The van der Waals surface area contributed by atoms with Crippen LogP contribution in [0.4, 0.5) is 9.59 Å². The standard InChI is InChI=1S/C42H86N4O4/c1-3-5-7-9-11-13-15-17-19-21-22-24-26-28-30-32-34-36-38-46(42(50)44-40-48)45(41(49)43-39-47)37-35-33-31-29-27-25-23-20-18-16-14-12-10-8-6-4-2/h47-48H,3-40H2,1-2H3,(H,43,49)(H,44,50). The Morgan fingerprint density at radius 1 is 0.340 bits per heavy atom. The lowest BCUT2D eigenvalue weighted by atomic mass is 10.0. The summed E-state index contributed by atoms with van der Waals surface area (Å²) in [5.41, 5.74) is 0. The summed E-state index contributed by atoms with van der Waals surface area (Å²) in [5.74, 6) is 0.